The SMILES string of the molecule is CCC(C)(NC(=O)OCC1c2ccccc2-c2ccccc21)C(=O)N1CCC(C(=O)O)CC1. The van der Waals surface area contributed by atoms with Gasteiger partial charge in [0.2, 0.25) is 5.91 Å². The maximum atomic E-state index is 13.2. The van der Waals surface area contributed by atoms with Crippen molar-refractivity contribution in [1.29, 1.82) is 0 Å². The summed E-state index contributed by atoms with van der Waals surface area (Å²) in [7, 11) is 0. The maximum Gasteiger partial charge on any atom is 0.408 e. The smallest absolute Gasteiger partial charge is 0.408 e. The Morgan fingerprint density at radius 1 is 1.03 bits per heavy atom. The second kappa shape index (κ2) is 9.25. The van der Waals surface area contributed by atoms with Crippen LogP contribution >= 0.6 is 0 Å². The van der Waals surface area contributed by atoms with E-state index >= 15 is 0 Å². The number of alkyl carbamates (subject to hydrolysis) is 1. The summed E-state index contributed by atoms with van der Waals surface area (Å²) in [6.07, 6.45) is 0.613. The molecule has 0 saturated carbocycles. The van der Waals surface area contributed by atoms with E-state index in [9.17, 15) is 19.5 Å². The van der Waals surface area contributed by atoms with E-state index in [0.29, 0.717) is 32.4 Å². The number of fused-ring (bicyclic) bond motifs is 3. The Hall–Kier alpha value is -3.35. The summed E-state index contributed by atoms with van der Waals surface area (Å²) in [6, 6.07) is 16.2. The van der Waals surface area contributed by atoms with Gasteiger partial charge in [0.15, 0.2) is 0 Å². The number of amides is 2. The van der Waals surface area contributed by atoms with Crippen molar-refractivity contribution in [3.63, 3.8) is 0 Å². The zero-order chi connectivity index (χ0) is 23.6. The number of carbonyl (C=O) groups is 3. The van der Waals surface area contributed by atoms with Crippen molar-refractivity contribution in [1.82, 2.24) is 10.2 Å². The number of nitrogens with one attached hydrogen (secondary N) is 1. The number of benzene rings is 2. The van der Waals surface area contributed by atoms with Gasteiger partial charge in [-0.15, -0.1) is 0 Å². The van der Waals surface area contributed by atoms with Crippen LogP contribution in [-0.4, -0.2) is 53.2 Å². The Morgan fingerprint density at radius 3 is 2.09 bits per heavy atom. The van der Waals surface area contributed by atoms with E-state index in [1.165, 1.54) is 0 Å². The maximum absolute atomic E-state index is 13.2. The van der Waals surface area contributed by atoms with Crippen LogP contribution in [0, 0.1) is 5.92 Å². The van der Waals surface area contributed by atoms with E-state index in [0.717, 1.165) is 22.3 Å². The third kappa shape index (κ3) is 4.45. The Morgan fingerprint density at radius 2 is 1.58 bits per heavy atom. The monoisotopic (exact) mass is 450 g/mol. The van der Waals surface area contributed by atoms with Crippen molar-refractivity contribution in [2.75, 3.05) is 19.7 Å². The van der Waals surface area contributed by atoms with Crippen LogP contribution in [0.2, 0.25) is 0 Å². The van der Waals surface area contributed by atoms with Crippen LogP contribution in [0.3, 0.4) is 0 Å². The standard InChI is InChI=1S/C26H30N2O5/c1-3-26(2,24(31)28-14-12-17(13-15-28)23(29)30)27-25(32)33-16-22-20-10-6-4-8-18(20)19-9-5-7-11-21(19)22/h4-11,17,22H,3,12-16H2,1-2H3,(H,27,32)(H,29,30). The van der Waals surface area contributed by atoms with Crippen molar-refractivity contribution < 1.29 is 24.2 Å². The number of piperidine rings is 1. The minimum atomic E-state index is -1.11. The Kier molecular flexibility index (Phi) is 6.40. The third-order valence-electron chi connectivity index (χ3n) is 7.03. The van der Waals surface area contributed by atoms with E-state index in [2.05, 4.69) is 29.6 Å². The fraction of sp³-hybridized carbons (Fsp3) is 0.423. The Balaban J connectivity index is 1.40. The van der Waals surface area contributed by atoms with Crippen LogP contribution in [0.4, 0.5) is 4.79 Å². The molecular formula is C26H30N2O5. The van der Waals surface area contributed by atoms with Crippen LogP contribution in [0.25, 0.3) is 11.1 Å². The van der Waals surface area contributed by atoms with Crippen LogP contribution in [0.15, 0.2) is 48.5 Å². The lowest BCUT2D eigenvalue weighted by Gasteiger charge is -2.37. The van der Waals surface area contributed by atoms with Crippen molar-refractivity contribution in [2.45, 2.75) is 44.6 Å². The molecule has 2 aliphatic rings. The predicted octanol–water partition coefficient (Wildman–Crippen LogP) is 4.02. The lowest BCUT2D eigenvalue weighted by Crippen LogP contribution is -2.59. The Bertz CT molecular complexity index is 1010. The fourth-order valence-electron chi connectivity index (χ4n) is 4.83. The number of carboxylic acids is 1. The Labute approximate surface area is 193 Å². The van der Waals surface area contributed by atoms with E-state index in [1.54, 1.807) is 11.8 Å². The number of hydrogen-bond acceptors (Lipinski definition) is 4. The molecule has 1 aliphatic heterocycles. The van der Waals surface area contributed by atoms with E-state index in [4.69, 9.17) is 4.74 Å². The van der Waals surface area contributed by atoms with Gasteiger partial charge >= 0.3 is 12.1 Å². The molecule has 33 heavy (non-hydrogen) atoms. The molecule has 1 atom stereocenters. The topological polar surface area (TPSA) is 95.9 Å². The summed E-state index contributed by atoms with van der Waals surface area (Å²) < 4.78 is 5.62. The number of carboxylic acid groups (broad SMARTS) is 1. The first kappa shape index (κ1) is 22.8. The molecule has 0 bridgehead atoms. The highest BCUT2D eigenvalue weighted by atomic mass is 16.5. The molecule has 0 aromatic heterocycles. The van der Waals surface area contributed by atoms with Crippen molar-refractivity contribution in [2.24, 2.45) is 5.92 Å². The number of nitrogens with zero attached hydrogens (tertiary/aromatic N) is 1. The van der Waals surface area contributed by atoms with Crippen LogP contribution in [0.1, 0.15) is 50.2 Å². The molecular weight excluding hydrogens is 420 g/mol. The molecule has 0 spiro atoms. The summed E-state index contributed by atoms with van der Waals surface area (Å²) >= 11 is 0. The molecule has 174 valence electrons. The highest BCUT2D eigenvalue weighted by Crippen LogP contribution is 2.44. The number of hydrogen-bond donors (Lipinski definition) is 2. The summed E-state index contributed by atoms with van der Waals surface area (Å²) in [5.41, 5.74) is 3.45. The minimum Gasteiger partial charge on any atom is -0.481 e. The quantitative estimate of drug-likeness (QED) is 0.693. The lowest BCUT2D eigenvalue weighted by atomic mass is 9.92. The fourth-order valence-corrected chi connectivity index (χ4v) is 4.83. The summed E-state index contributed by atoms with van der Waals surface area (Å²) in [6.45, 7) is 4.46. The van der Waals surface area contributed by atoms with Crippen LogP contribution < -0.4 is 5.32 Å². The molecule has 1 aliphatic carbocycles. The lowest BCUT2D eigenvalue weighted by molar-refractivity contribution is -0.147. The van der Waals surface area contributed by atoms with Gasteiger partial charge in [0, 0.05) is 19.0 Å². The molecule has 0 radical (unpaired) electrons. The van der Waals surface area contributed by atoms with Gasteiger partial charge in [-0.2, -0.15) is 0 Å². The second-order valence-electron chi connectivity index (χ2n) is 9.04. The van der Waals surface area contributed by atoms with Gasteiger partial charge < -0.3 is 20.1 Å². The van der Waals surface area contributed by atoms with Gasteiger partial charge in [-0.25, -0.2) is 4.79 Å². The van der Waals surface area contributed by atoms with Crippen molar-refractivity contribution in [3.8, 4) is 11.1 Å². The molecule has 2 aromatic rings. The van der Waals surface area contributed by atoms with Gasteiger partial charge in [0.05, 0.1) is 5.92 Å². The average molecular weight is 451 g/mol. The second-order valence-corrected chi connectivity index (χ2v) is 9.04. The first-order valence-electron chi connectivity index (χ1n) is 11.5. The van der Waals surface area contributed by atoms with Gasteiger partial charge in [-0.05, 0) is 48.4 Å². The summed E-state index contributed by atoms with van der Waals surface area (Å²) in [5.74, 6) is -1.50. The molecule has 7 heteroatoms. The molecule has 1 fully saturated rings. The van der Waals surface area contributed by atoms with Gasteiger partial charge in [0.25, 0.3) is 0 Å². The first-order chi connectivity index (χ1) is 15.8. The van der Waals surface area contributed by atoms with Crippen molar-refractivity contribution >= 4 is 18.0 Å². The van der Waals surface area contributed by atoms with Crippen LogP contribution in [0.5, 0.6) is 0 Å². The molecule has 7 nitrogen and oxygen atoms in total. The number of rotatable bonds is 6. The van der Waals surface area contributed by atoms with E-state index in [1.807, 2.05) is 31.2 Å². The zero-order valence-electron chi connectivity index (χ0n) is 19.0. The summed E-state index contributed by atoms with van der Waals surface area (Å²) in [4.78, 5) is 38.7. The predicted molar refractivity (Wildman–Crippen MR) is 124 cm³/mol. The molecule has 1 saturated heterocycles. The number of aliphatic carboxylic acids is 1. The normalized spacial score (nSPS) is 17.6. The first-order valence-corrected chi connectivity index (χ1v) is 11.5. The van der Waals surface area contributed by atoms with E-state index in [-0.39, 0.29) is 18.4 Å². The number of ether oxygens (including phenoxy) is 1. The minimum absolute atomic E-state index is 0.0539. The molecule has 4 rings (SSSR count). The number of likely N-dealkylation sites (tertiary alicyclic amines) is 1. The molecule has 1 unspecified atom stereocenters. The molecule has 1 heterocycles. The van der Waals surface area contributed by atoms with Crippen molar-refractivity contribution in [3.05, 3.63) is 59.7 Å². The molecule has 2 N–H and O–H groups in total. The summed E-state index contributed by atoms with van der Waals surface area (Å²) in [5, 5.41) is 12.0. The van der Waals surface area contributed by atoms with Gasteiger partial charge in [-0.1, -0.05) is 55.5 Å². The van der Waals surface area contributed by atoms with Gasteiger partial charge in [-0.3, -0.25) is 9.59 Å². The zero-order valence-corrected chi connectivity index (χ0v) is 19.0. The number of carbonyl (C=O) groups excluding carboxylic acids is 2. The molecule has 2 amide bonds. The average Bonchev–Trinajstić information content (AvgIpc) is 3.16. The third-order valence-corrected chi connectivity index (χ3v) is 7.03. The van der Waals surface area contributed by atoms with E-state index < -0.39 is 23.5 Å². The largest absolute Gasteiger partial charge is 0.481 e. The molecule has 2 aromatic carbocycles. The van der Waals surface area contributed by atoms with Crippen LogP contribution in [-0.2, 0) is 14.3 Å². The highest BCUT2D eigenvalue weighted by Gasteiger charge is 2.39. The van der Waals surface area contributed by atoms with Gasteiger partial charge in [0.1, 0.15) is 12.1 Å². The highest BCUT2D eigenvalue weighted by molar-refractivity contribution is 5.90.